The van der Waals surface area contributed by atoms with Gasteiger partial charge in [0.2, 0.25) is 10.0 Å². The van der Waals surface area contributed by atoms with Crippen LogP contribution in [0.4, 0.5) is 0 Å². The Bertz CT molecular complexity index is 1090. The van der Waals surface area contributed by atoms with Crippen LogP contribution in [0.15, 0.2) is 58.7 Å². The second-order valence-corrected chi connectivity index (χ2v) is 9.81. The quantitative estimate of drug-likeness (QED) is 0.726. The highest BCUT2D eigenvalue weighted by Crippen LogP contribution is 2.36. The molecule has 1 spiro atoms. The maximum Gasteiger partial charge on any atom is 0.271 e. The topological polar surface area (TPSA) is 92.2 Å². The van der Waals surface area contributed by atoms with E-state index in [-0.39, 0.29) is 23.8 Å². The Morgan fingerprint density at radius 1 is 1.27 bits per heavy atom. The number of pyridine rings is 1. The van der Waals surface area contributed by atoms with Crippen molar-refractivity contribution in [2.24, 2.45) is 5.16 Å². The minimum Gasteiger partial charge on any atom is -0.387 e. The molecule has 0 radical (unpaired) electrons. The van der Waals surface area contributed by atoms with Gasteiger partial charge in [-0.1, -0.05) is 23.4 Å². The zero-order valence-corrected chi connectivity index (χ0v) is 17.8. The van der Waals surface area contributed by atoms with Gasteiger partial charge in [0.1, 0.15) is 5.71 Å². The SMILES string of the molecule is Cc1cccc(S(=O)(=O)N2CC[C@]3(CC(C(=O)N(C)Cc4ccccn4)=NO3)C2)c1. The van der Waals surface area contributed by atoms with Crippen LogP contribution in [-0.2, 0) is 26.2 Å². The highest BCUT2D eigenvalue weighted by Gasteiger charge is 2.50. The number of hydrogen-bond donors (Lipinski definition) is 0. The maximum atomic E-state index is 13.0. The number of sulfonamides is 1. The molecule has 0 N–H and O–H groups in total. The first-order valence-electron chi connectivity index (χ1n) is 9.76. The Hall–Kier alpha value is -2.78. The third-order valence-electron chi connectivity index (χ3n) is 5.47. The lowest BCUT2D eigenvalue weighted by molar-refractivity contribution is -0.123. The first-order chi connectivity index (χ1) is 14.3. The summed E-state index contributed by atoms with van der Waals surface area (Å²) in [5, 5.41) is 4.02. The van der Waals surface area contributed by atoms with Crippen molar-refractivity contribution in [3.05, 3.63) is 59.9 Å². The molecule has 158 valence electrons. The average molecular weight is 429 g/mol. The number of aryl methyl sites for hydroxylation is 1. The largest absolute Gasteiger partial charge is 0.387 e. The smallest absolute Gasteiger partial charge is 0.271 e. The lowest BCUT2D eigenvalue weighted by Crippen LogP contribution is -2.39. The van der Waals surface area contributed by atoms with Crippen molar-refractivity contribution >= 4 is 21.6 Å². The lowest BCUT2D eigenvalue weighted by Gasteiger charge is -2.22. The summed E-state index contributed by atoms with van der Waals surface area (Å²) < 4.78 is 27.4. The van der Waals surface area contributed by atoms with E-state index in [0.717, 1.165) is 11.3 Å². The minimum atomic E-state index is -3.62. The Labute approximate surface area is 176 Å². The van der Waals surface area contributed by atoms with Gasteiger partial charge in [-0.3, -0.25) is 9.78 Å². The summed E-state index contributed by atoms with van der Waals surface area (Å²) in [6.07, 6.45) is 2.46. The average Bonchev–Trinajstić information content (AvgIpc) is 3.35. The lowest BCUT2D eigenvalue weighted by atomic mass is 9.96. The summed E-state index contributed by atoms with van der Waals surface area (Å²) >= 11 is 0. The molecule has 0 aliphatic carbocycles. The fraction of sp³-hybridized carbons (Fsp3) is 0.381. The van der Waals surface area contributed by atoms with Crippen LogP contribution in [0.25, 0.3) is 0 Å². The second-order valence-electron chi connectivity index (χ2n) is 7.88. The molecule has 2 aromatic rings. The van der Waals surface area contributed by atoms with E-state index < -0.39 is 15.6 Å². The van der Waals surface area contributed by atoms with Gasteiger partial charge >= 0.3 is 0 Å². The van der Waals surface area contributed by atoms with E-state index in [1.807, 2.05) is 31.2 Å². The Morgan fingerprint density at radius 3 is 2.83 bits per heavy atom. The molecule has 1 saturated heterocycles. The third-order valence-corrected chi connectivity index (χ3v) is 7.31. The molecule has 2 aliphatic heterocycles. The molecule has 1 amide bonds. The van der Waals surface area contributed by atoms with Gasteiger partial charge in [0.15, 0.2) is 5.60 Å². The van der Waals surface area contributed by atoms with E-state index in [9.17, 15) is 13.2 Å². The van der Waals surface area contributed by atoms with Gasteiger partial charge in [-0.2, -0.15) is 4.31 Å². The minimum absolute atomic E-state index is 0.174. The van der Waals surface area contributed by atoms with E-state index in [1.54, 1.807) is 36.3 Å². The van der Waals surface area contributed by atoms with Crippen LogP contribution < -0.4 is 0 Å². The van der Waals surface area contributed by atoms with E-state index in [1.165, 1.54) is 4.31 Å². The summed E-state index contributed by atoms with van der Waals surface area (Å²) in [5.41, 5.74) is 1.18. The van der Waals surface area contributed by atoms with Gasteiger partial charge < -0.3 is 9.74 Å². The van der Waals surface area contributed by atoms with Crippen molar-refractivity contribution in [2.75, 3.05) is 20.1 Å². The predicted molar refractivity (Wildman–Crippen MR) is 111 cm³/mol. The number of hydrogen-bond acceptors (Lipinski definition) is 6. The Balaban J connectivity index is 1.42. The molecule has 9 heteroatoms. The van der Waals surface area contributed by atoms with Crippen LogP contribution >= 0.6 is 0 Å². The molecule has 4 rings (SSSR count). The third kappa shape index (κ3) is 3.95. The molecule has 0 saturated carbocycles. The summed E-state index contributed by atoms with van der Waals surface area (Å²) in [7, 11) is -1.93. The molecule has 30 heavy (non-hydrogen) atoms. The van der Waals surface area contributed by atoms with Crippen molar-refractivity contribution in [3.63, 3.8) is 0 Å². The molecule has 2 aliphatic rings. The van der Waals surface area contributed by atoms with E-state index in [2.05, 4.69) is 10.1 Å². The number of oxime groups is 1. The van der Waals surface area contributed by atoms with Crippen molar-refractivity contribution in [2.45, 2.75) is 36.8 Å². The molecule has 3 heterocycles. The van der Waals surface area contributed by atoms with Crippen LogP contribution in [0, 0.1) is 6.92 Å². The monoisotopic (exact) mass is 428 g/mol. The molecule has 1 aromatic heterocycles. The number of amides is 1. The predicted octanol–water partition coefficient (Wildman–Crippen LogP) is 1.96. The van der Waals surface area contributed by atoms with E-state index >= 15 is 0 Å². The molecular weight excluding hydrogens is 404 g/mol. The van der Waals surface area contributed by atoms with Crippen LogP contribution in [0.5, 0.6) is 0 Å². The molecule has 1 fully saturated rings. The summed E-state index contributed by atoms with van der Waals surface area (Å²) in [6.45, 7) is 2.72. The molecule has 8 nitrogen and oxygen atoms in total. The second kappa shape index (κ2) is 7.81. The van der Waals surface area contributed by atoms with Crippen molar-refractivity contribution in [1.82, 2.24) is 14.2 Å². The molecular formula is C21H24N4O4S. The fourth-order valence-electron chi connectivity index (χ4n) is 3.82. The number of benzene rings is 1. The molecule has 0 bridgehead atoms. The van der Waals surface area contributed by atoms with Crippen molar-refractivity contribution < 1.29 is 18.0 Å². The normalized spacial score (nSPS) is 21.5. The molecule has 1 atom stereocenters. The van der Waals surface area contributed by atoms with Crippen LogP contribution in [-0.4, -0.2) is 60.0 Å². The van der Waals surface area contributed by atoms with Crippen LogP contribution in [0.2, 0.25) is 0 Å². The summed E-state index contributed by atoms with van der Waals surface area (Å²) in [5.74, 6) is -0.238. The molecule has 0 unspecified atom stereocenters. The highest BCUT2D eigenvalue weighted by molar-refractivity contribution is 7.89. The van der Waals surface area contributed by atoms with Gasteiger partial charge in [-0.25, -0.2) is 8.42 Å². The number of nitrogens with zero attached hydrogens (tertiary/aromatic N) is 4. The fourth-order valence-corrected chi connectivity index (χ4v) is 5.44. The summed E-state index contributed by atoms with van der Waals surface area (Å²) in [6, 6.07) is 12.4. The first kappa shape index (κ1) is 20.5. The van der Waals surface area contributed by atoms with Gasteiger partial charge in [-0.05, 0) is 36.8 Å². The Morgan fingerprint density at radius 2 is 2.10 bits per heavy atom. The standard InChI is InChI=1S/C21H24N4O4S/c1-16-6-5-8-18(12-16)30(27,28)25-11-9-21(15-25)13-19(23-29-21)20(26)24(2)14-17-7-3-4-10-22-17/h3-8,10,12H,9,11,13-15H2,1-2H3/t21-/m0/s1. The Kier molecular flexibility index (Phi) is 5.33. The number of rotatable bonds is 5. The maximum absolute atomic E-state index is 13.0. The van der Waals surface area contributed by atoms with Gasteiger partial charge in [-0.15, -0.1) is 0 Å². The van der Waals surface area contributed by atoms with E-state index in [4.69, 9.17) is 4.84 Å². The van der Waals surface area contributed by atoms with Gasteiger partial charge in [0, 0.05) is 32.6 Å². The zero-order valence-electron chi connectivity index (χ0n) is 17.0. The first-order valence-corrected chi connectivity index (χ1v) is 11.2. The van der Waals surface area contributed by atoms with Gasteiger partial charge in [0.25, 0.3) is 5.91 Å². The van der Waals surface area contributed by atoms with Gasteiger partial charge in [0.05, 0.1) is 23.7 Å². The van der Waals surface area contributed by atoms with Crippen LogP contribution in [0.3, 0.4) is 0 Å². The summed E-state index contributed by atoms with van der Waals surface area (Å²) in [4.78, 5) is 24.5. The van der Waals surface area contributed by atoms with Crippen molar-refractivity contribution in [3.8, 4) is 0 Å². The number of aromatic nitrogens is 1. The van der Waals surface area contributed by atoms with E-state index in [0.29, 0.717) is 25.2 Å². The zero-order chi connectivity index (χ0) is 21.4. The van der Waals surface area contributed by atoms with Crippen molar-refractivity contribution in [1.29, 1.82) is 0 Å². The highest BCUT2D eigenvalue weighted by atomic mass is 32.2. The molecule has 1 aromatic carbocycles. The number of carbonyl (C=O) groups excluding carboxylic acids is 1. The van der Waals surface area contributed by atoms with Crippen LogP contribution in [0.1, 0.15) is 24.1 Å². The number of carbonyl (C=O) groups is 1.